The smallest absolute Gasteiger partial charge is 0.0701 e. The van der Waals surface area contributed by atoms with Crippen molar-refractivity contribution < 1.29 is 14.2 Å². The van der Waals surface area contributed by atoms with Gasteiger partial charge in [0.2, 0.25) is 0 Å². The van der Waals surface area contributed by atoms with Crippen LogP contribution in [0.5, 0.6) is 0 Å². The first-order valence-electron chi connectivity index (χ1n) is 5.90. The van der Waals surface area contributed by atoms with Crippen LogP contribution in [0.25, 0.3) is 0 Å². The number of nitrogens with one attached hydrogen (secondary N) is 1. The summed E-state index contributed by atoms with van der Waals surface area (Å²) >= 11 is 0. The fourth-order valence-electron chi connectivity index (χ4n) is 1.60. The Kier molecular flexibility index (Phi) is 7.83. The molecule has 0 aromatic heterocycles. The van der Waals surface area contributed by atoms with Gasteiger partial charge in [0.1, 0.15) is 0 Å². The molecule has 4 heteroatoms. The lowest BCUT2D eigenvalue weighted by atomic mass is 10.1. The van der Waals surface area contributed by atoms with Crippen LogP contribution >= 0.6 is 0 Å². The van der Waals surface area contributed by atoms with Gasteiger partial charge in [0.05, 0.1) is 19.8 Å². The molecule has 1 aliphatic rings. The third-order valence-electron chi connectivity index (χ3n) is 2.48. The van der Waals surface area contributed by atoms with E-state index >= 15 is 0 Å². The van der Waals surface area contributed by atoms with E-state index in [9.17, 15) is 0 Å². The Morgan fingerprint density at radius 3 is 2.60 bits per heavy atom. The summed E-state index contributed by atoms with van der Waals surface area (Å²) in [5, 5.41) is 3.47. The van der Waals surface area contributed by atoms with Crippen molar-refractivity contribution in [1.29, 1.82) is 0 Å². The molecule has 1 aliphatic heterocycles. The molecule has 0 unspecified atom stereocenters. The summed E-state index contributed by atoms with van der Waals surface area (Å²) < 4.78 is 15.9. The molecule has 0 atom stereocenters. The quantitative estimate of drug-likeness (QED) is 0.611. The zero-order chi connectivity index (χ0) is 10.8. The Morgan fingerprint density at radius 1 is 1.13 bits per heavy atom. The number of ether oxygens (including phenoxy) is 3. The summed E-state index contributed by atoms with van der Waals surface area (Å²) in [6.07, 6.45) is 2.25. The standard InChI is InChI=1S/C11H23NO3/c1-2-13-9-10-15-8-5-12-11-3-6-14-7-4-11/h11-12H,2-10H2,1H3. The molecule has 0 amide bonds. The fraction of sp³-hybridized carbons (Fsp3) is 1.00. The molecule has 1 N–H and O–H groups in total. The SMILES string of the molecule is CCOCCOCCNC1CCOCC1. The van der Waals surface area contributed by atoms with Gasteiger partial charge in [-0.2, -0.15) is 0 Å². The molecule has 0 aliphatic carbocycles. The zero-order valence-electron chi connectivity index (χ0n) is 9.67. The monoisotopic (exact) mass is 217 g/mol. The second-order valence-electron chi connectivity index (χ2n) is 3.65. The van der Waals surface area contributed by atoms with E-state index in [4.69, 9.17) is 14.2 Å². The Bertz CT molecular complexity index is 138. The summed E-state index contributed by atoms with van der Waals surface area (Å²) in [6.45, 7) is 7.64. The average Bonchev–Trinajstić information content (AvgIpc) is 2.29. The van der Waals surface area contributed by atoms with Crippen molar-refractivity contribution in [3.63, 3.8) is 0 Å². The second kappa shape index (κ2) is 9.09. The maximum atomic E-state index is 5.41. The number of hydrogen-bond donors (Lipinski definition) is 1. The van der Waals surface area contributed by atoms with E-state index < -0.39 is 0 Å². The summed E-state index contributed by atoms with van der Waals surface area (Å²) in [6, 6.07) is 0.620. The van der Waals surface area contributed by atoms with Gasteiger partial charge in [0.25, 0.3) is 0 Å². The van der Waals surface area contributed by atoms with Crippen molar-refractivity contribution in [2.45, 2.75) is 25.8 Å². The topological polar surface area (TPSA) is 39.7 Å². The molecule has 15 heavy (non-hydrogen) atoms. The highest BCUT2D eigenvalue weighted by Crippen LogP contribution is 2.05. The molecule has 1 heterocycles. The first-order chi connectivity index (χ1) is 7.43. The van der Waals surface area contributed by atoms with Gasteiger partial charge in [-0.25, -0.2) is 0 Å². The molecular weight excluding hydrogens is 194 g/mol. The number of rotatable bonds is 8. The van der Waals surface area contributed by atoms with Crippen molar-refractivity contribution >= 4 is 0 Å². The van der Waals surface area contributed by atoms with Crippen molar-refractivity contribution in [2.75, 3.05) is 46.2 Å². The minimum Gasteiger partial charge on any atom is -0.381 e. The Morgan fingerprint density at radius 2 is 1.87 bits per heavy atom. The van der Waals surface area contributed by atoms with E-state index in [0.717, 1.165) is 45.8 Å². The van der Waals surface area contributed by atoms with Crippen LogP contribution < -0.4 is 5.32 Å². The first kappa shape index (κ1) is 12.9. The molecule has 1 fully saturated rings. The maximum absolute atomic E-state index is 5.41. The predicted octanol–water partition coefficient (Wildman–Crippen LogP) is 0.808. The van der Waals surface area contributed by atoms with Gasteiger partial charge in [-0.15, -0.1) is 0 Å². The molecule has 0 bridgehead atoms. The third kappa shape index (κ3) is 6.84. The molecule has 1 saturated heterocycles. The Labute approximate surface area is 92.3 Å². The highest BCUT2D eigenvalue weighted by atomic mass is 16.5. The second-order valence-corrected chi connectivity index (χ2v) is 3.65. The van der Waals surface area contributed by atoms with Crippen LogP contribution in [0.2, 0.25) is 0 Å². The normalized spacial score (nSPS) is 18.2. The van der Waals surface area contributed by atoms with Gasteiger partial charge in [-0.3, -0.25) is 0 Å². The van der Waals surface area contributed by atoms with E-state index in [-0.39, 0.29) is 0 Å². The average molecular weight is 217 g/mol. The van der Waals surface area contributed by atoms with E-state index in [1.807, 2.05) is 6.92 Å². The van der Waals surface area contributed by atoms with Crippen LogP contribution in [-0.4, -0.2) is 52.2 Å². The van der Waals surface area contributed by atoms with Crippen LogP contribution in [0, 0.1) is 0 Å². The minimum atomic E-state index is 0.620. The van der Waals surface area contributed by atoms with Crippen molar-refractivity contribution in [1.82, 2.24) is 5.32 Å². The lowest BCUT2D eigenvalue weighted by Gasteiger charge is -2.23. The van der Waals surface area contributed by atoms with Crippen LogP contribution in [0.1, 0.15) is 19.8 Å². The van der Waals surface area contributed by atoms with Crippen molar-refractivity contribution in [3.05, 3.63) is 0 Å². The van der Waals surface area contributed by atoms with E-state index in [1.54, 1.807) is 0 Å². The molecule has 90 valence electrons. The summed E-state index contributed by atoms with van der Waals surface area (Å²) in [4.78, 5) is 0. The van der Waals surface area contributed by atoms with Crippen LogP contribution in [0.3, 0.4) is 0 Å². The van der Waals surface area contributed by atoms with Crippen molar-refractivity contribution in [2.24, 2.45) is 0 Å². The largest absolute Gasteiger partial charge is 0.381 e. The fourth-order valence-corrected chi connectivity index (χ4v) is 1.60. The van der Waals surface area contributed by atoms with Gasteiger partial charge in [-0.1, -0.05) is 0 Å². The lowest BCUT2D eigenvalue weighted by Crippen LogP contribution is -2.36. The minimum absolute atomic E-state index is 0.620. The summed E-state index contributed by atoms with van der Waals surface area (Å²) in [7, 11) is 0. The molecule has 0 aromatic carbocycles. The van der Waals surface area contributed by atoms with Crippen molar-refractivity contribution in [3.8, 4) is 0 Å². The van der Waals surface area contributed by atoms with E-state index in [0.29, 0.717) is 19.3 Å². The van der Waals surface area contributed by atoms with E-state index in [2.05, 4.69) is 5.32 Å². The van der Waals surface area contributed by atoms with Gasteiger partial charge in [0.15, 0.2) is 0 Å². The lowest BCUT2D eigenvalue weighted by molar-refractivity contribution is 0.0483. The Hall–Kier alpha value is -0.160. The molecule has 0 aromatic rings. The molecule has 0 saturated carbocycles. The third-order valence-corrected chi connectivity index (χ3v) is 2.48. The Balaban J connectivity index is 1.79. The molecule has 1 rings (SSSR count). The predicted molar refractivity (Wildman–Crippen MR) is 59.2 cm³/mol. The van der Waals surface area contributed by atoms with E-state index in [1.165, 1.54) is 0 Å². The van der Waals surface area contributed by atoms with Gasteiger partial charge in [-0.05, 0) is 19.8 Å². The zero-order valence-corrected chi connectivity index (χ0v) is 9.67. The van der Waals surface area contributed by atoms with Gasteiger partial charge < -0.3 is 19.5 Å². The summed E-state index contributed by atoms with van der Waals surface area (Å²) in [5.74, 6) is 0. The van der Waals surface area contributed by atoms with Crippen LogP contribution in [-0.2, 0) is 14.2 Å². The molecule has 4 nitrogen and oxygen atoms in total. The highest BCUT2D eigenvalue weighted by molar-refractivity contribution is 4.69. The molecule has 0 spiro atoms. The first-order valence-corrected chi connectivity index (χ1v) is 5.90. The van der Waals surface area contributed by atoms with Gasteiger partial charge >= 0.3 is 0 Å². The van der Waals surface area contributed by atoms with Gasteiger partial charge in [0, 0.05) is 32.4 Å². The van der Waals surface area contributed by atoms with Crippen LogP contribution in [0.15, 0.2) is 0 Å². The summed E-state index contributed by atoms with van der Waals surface area (Å²) in [5.41, 5.74) is 0. The molecule has 0 radical (unpaired) electrons. The van der Waals surface area contributed by atoms with Crippen LogP contribution in [0.4, 0.5) is 0 Å². The molecular formula is C11H23NO3. The highest BCUT2D eigenvalue weighted by Gasteiger charge is 2.11. The maximum Gasteiger partial charge on any atom is 0.0701 e. The number of hydrogen-bond acceptors (Lipinski definition) is 4.